The SMILES string of the molecule is CCc1ccccc1-n1ncc2c1C=C1CCC3C(C(O)CC4(C)C3CCC4(O)C(=O)CCc3nc4ccccc4s3)C1(C)C2. The van der Waals surface area contributed by atoms with E-state index < -0.39 is 17.1 Å². The second-order valence-electron chi connectivity index (χ2n) is 14.6. The largest absolute Gasteiger partial charge is 0.393 e. The third-order valence-corrected chi connectivity index (χ3v) is 13.6. The first-order valence-electron chi connectivity index (χ1n) is 16.8. The molecule has 6 nitrogen and oxygen atoms in total. The average molecular weight is 622 g/mol. The third-order valence-electron chi connectivity index (χ3n) is 12.5. The van der Waals surface area contributed by atoms with Gasteiger partial charge in [0.15, 0.2) is 5.78 Å². The fourth-order valence-corrected chi connectivity index (χ4v) is 11.3. The number of fused-ring (bicyclic) bond motifs is 7. The van der Waals surface area contributed by atoms with Gasteiger partial charge in [-0.15, -0.1) is 11.3 Å². The quantitative estimate of drug-likeness (QED) is 0.239. The van der Waals surface area contributed by atoms with Crippen LogP contribution in [0.15, 0.2) is 60.3 Å². The minimum absolute atomic E-state index is 0.0814. The van der Waals surface area contributed by atoms with Crippen LogP contribution in [0.2, 0.25) is 0 Å². The summed E-state index contributed by atoms with van der Waals surface area (Å²) >= 11 is 1.63. The molecule has 2 N–H and O–H groups in total. The normalized spacial score (nSPS) is 33.7. The van der Waals surface area contributed by atoms with Crippen molar-refractivity contribution in [3.05, 3.63) is 82.1 Å². The number of benzene rings is 2. The highest BCUT2D eigenvalue weighted by atomic mass is 32.1. The first-order valence-corrected chi connectivity index (χ1v) is 17.6. The van der Waals surface area contributed by atoms with Crippen LogP contribution in [0.3, 0.4) is 0 Å². The zero-order valence-electron chi connectivity index (χ0n) is 26.5. The lowest BCUT2D eigenvalue weighted by molar-refractivity contribution is -0.179. The molecule has 7 atom stereocenters. The van der Waals surface area contributed by atoms with Gasteiger partial charge in [-0.3, -0.25) is 4.79 Å². The third kappa shape index (κ3) is 4.23. The molecule has 0 spiro atoms. The Morgan fingerprint density at radius 2 is 1.91 bits per heavy atom. The highest BCUT2D eigenvalue weighted by Crippen LogP contribution is 2.67. The molecule has 45 heavy (non-hydrogen) atoms. The van der Waals surface area contributed by atoms with Crippen molar-refractivity contribution in [3.63, 3.8) is 0 Å². The summed E-state index contributed by atoms with van der Waals surface area (Å²) in [6, 6.07) is 16.6. The lowest BCUT2D eigenvalue weighted by Gasteiger charge is -2.60. The van der Waals surface area contributed by atoms with Crippen LogP contribution in [0.4, 0.5) is 0 Å². The summed E-state index contributed by atoms with van der Waals surface area (Å²) in [5.41, 5.74) is 4.99. The summed E-state index contributed by atoms with van der Waals surface area (Å²) in [4.78, 5) is 18.6. The van der Waals surface area contributed by atoms with Crippen LogP contribution in [0.25, 0.3) is 22.0 Å². The van der Waals surface area contributed by atoms with Crippen LogP contribution in [-0.4, -0.2) is 42.5 Å². The smallest absolute Gasteiger partial charge is 0.165 e. The number of Topliss-reactive ketones (excluding diaryl/α,β-unsaturated/α-hetero) is 1. The number of aliphatic hydroxyl groups excluding tert-OH is 1. The Labute approximate surface area is 269 Å². The number of allylic oxidation sites excluding steroid dienone is 1. The molecule has 7 unspecified atom stereocenters. The van der Waals surface area contributed by atoms with Gasteiger partial charge in [-0.05, 0) is 104 Å². The van der Waals surface area contributed by atoms with Crippen molar-refractivity contribution in [2.75, 3.05) is 0 Å². The lowest BCUT2D eigenvalue weighted by Crippen LogP contribution is -2.61. The molecule has 7 heteroatoms. The molecule has 0 bridgehead atoms. The highest BCUT2D eigenvalue weighted by Gasteiger charge is 2.68. The maximum Gasteiger partial charge on any atom is 0.165 e. The minimum Gasteiger partial charge on any atom is -0.393 e. The van der Waals surface area contributed by atoms with Gasteiger partial charge in [-0.1, -0.05) is 56.7 Å². The van der Waals surface area contributed by atoms with Crippen molar-refractivity contribution < 1.29 is 15.0 Å². The topological polar surface area (TPSA) is 88.2 Å². The van der Waals surface area contributed by atoms with Gasteiger partial charge in [0.05, 0.1) is 38.9 Å². The van der Waals surface area contributed by atoms with E-state index in [1.807, 2.05) is 24.4 Å². The number of para-hydroxylation sites is 2. The number of aliphatic hydroxyl groups is 2. The van der Waals surface area contributed by atoms with Gasteiger partial charge in [0.2, 0.25) is 0 Å². The van der Waals surface area contributed by atoms with Gasteiger partial charge >= 0.3 is 0 Å². The Kier molecular flexibility index (Phi) is 6.80. The van der Waals surface area contributed by atoms with E-state index in [9.17, 15) is 15.0 Å². The van der Waals surface area contributed by atoms with E-state index in [4.69, 9.17) is 10.1 Å². The number of aryl methyl sites for hydroxylation is 2. The number of carbonyl (C=O) groups is 1. The fraction of sp³-hybridized carbons (Fsp3) is 0.500. The van der Waals surface area contributed by atoms with E-state index in [0.29, 0.717) is 19.3 Å². The zero-order chi connectivity index (χ0) is 31.1. The number of carbonyl (C=O) groups excluding carboxylic acids is 1. The van der Waals surface area contributed by atoms with Crippen molar-refractivity contribution in [1.29, 1.82) is 0 Å². The minimum atomic E-state index is -1.41. The van der Waals surface area contributed by atoms with Crippen LogP contribution in [0.1, 0.15) is 81.1 Å². The summed E-state index contributed by atoms with van der Waals surface area (Å²) < 4.78 is 3.23. The van der Waals surface area contributed by atoms with Gasteiger partial charge < -0.3 is 10.2 Å². The maximum absolute atomic E-state index is 13.9. The van der Waals surface area contributed by atoms with E-state index >= 15 is 0 Å². The molecule has 4 aliphatic carbocycles. The zero-order valence-corrected chi connectivity index (χ0v) is 27.3. The van der Waals surface area contributed by atoms with Crippen molar-refractivity contribution in [3.8, 4) is 5.69 Å². The molecule has 0 amide bonds. The van der Waals surface area contributed by atoms with E-state index in [0.717, 1.165) is 53.0 Å². The van der Waals surface area contributed by atoms with E-state index in [-0.39, 0.29) is 35.4 Å². The Hall–Kier alpha value is -3.13. The average Bonchev–Trinajstić information content (AvgIpc) is 3.71. The summed E-state index contributed by atoms with van der Waals surface area (Å²) in [7, 11) is 0. The maximum atomic E-state index is 13.9. The number of nitrogens with zero attached hydrogens (tertiary/aromatic N) is 3. The molecule has 3 fully saturated rings. The van der Waals surface area contributed by atoms with E-state index in [1.54, 1.807) is 11.3 Å². The Morgan fingerprint density at radius 1 is 1.11 bits per heavy atom. The molecule has 2 heterocycles. The van der Waals surface area contributed by atoms with Crippen LogP contribution in [0.5, 0.6) is 0 Å². The molecule has 2 aromatic carbocycles. The van der Waals surface area contributed by atoms with Crippen molar-refractivity contribution in [2.45, 2.75) is 90.3 Å². The molecule has 8 rings (SSSR count). The first kappa shape index (κ1) is 29.3. The number of rotatable bonds is 6. The van der Waals surface area contributed by atoms with E-state index in [2.05, 4.69) is 61.9 Å². The standard InChI is InChI=1S/C38H43N3O3S/c1-4-23-9-5-7-11-29(23)41-30-19-25-13-14-26-27-17-18-38(44,33(43)15-16-34-40-28-10-6-8-12-32(28)45-34)37(27,3)21-31(42)35(26)36(25,2)20-24(30)22-39-41/h5-12,19,22,26-27,31,35,42,44H,4,13-18,20-21H2,1-3H3. The van der Waals surface area contributed by atoms with Crippen molar-refractivity contribution >= 4 is 33.4 Å². The monoisotopic (exact) mass is 621 g/mol. The van der Waals surface area contributed by atoms with Gasteiger partial charge in [0.25, 0.3) is 0 Å². The van der Waals surface area contributed by atoms with Gasteiger partial charge in [-0.2, -0.15) is 5.10 Å². The molecule has 0 radical (unpaired) electrons. The Morgan fingerprint density at radius 3 is 2.73 bits per heavy atom. The molecular weight excluding hydrogens is 579 g/mol. The van der Waals surface area contributed by atoms with Gasteiger partial charge in [0, 0.05) is 18.3 Å². The molecular formula is C38H43N3O3S. The summed E-state index contributed by atoms with van der Waals surface area (Å²) in [5.74, 6) is 0.489. The molecule has 0 saturated heterocycles. The summed E-state index contributed by atoms with van der Waals surface area (Å²) in [6.07, 6.45) is 10.2. The van der Waals surface area contributed by atoms with Gasteiger partial charge in [-0.25, -0.2) is 9.67 Å². The molecule has 2 aromatic heterocycles. The first-order chi connectivity index (χ1) is 21.7. The second-order valence-corrected chi connectivity index (χ2v) is 15.7. The van der Waals surface area contributed by atoms with Crippen LogP contribution >= 0.6 is 11.3 Å². The lowest BCUT2D eigenvalue weighted by atomic mass is 9.45. The van der Waals surface area contributed by atoms with Crippen LogP contribution in [0, 0.1) is 28.6 Å². The van der Waals surface area contributed by atoms with Gasteiger partial charge in [0.1, 0.15) is 5.60 Å². The number of thiazole rings is 1. The Balaban J connectivity index is 1.05. The van der Waals surface area contributed by atoms with E-state index in [1.165, 1.54) is 22.4 Å². The van der Waals surface area contributed by atoms with Crippen molar-refractivity contribution in [2.24, 2.45) is 28.6 Å². The predicted molar refractivity (Wildman–Crippen MR) is 178 cm³/mol. The number of aromatic nitrogens is 3. The number of hydrogen-bond donors (Lipinski definition) is 2. The fourth-order valence-electron chi connectivity index (χ4n) is 10.3. The van der Waals surface area contributed by atoms with Crippen LogP contribution in [-0.2, 0) is 24.1 Å². The molecule has 3 saturated carbocycles. The summed E-state index contributed by atoms with van der Waals surface area (Å²) in [6.45, 7) is 6.64. The van der Waals surface area contributed by atoms with Crippen molar-refractivity contribution in [1.82, 2.24) is 14.8 Å². The molecule has 4 aromatic rings. The second kappa shape index (κ2) is 10.4. The number of hydrogen-bond acceptors (Lipinski definition) is 6. The number of ketones is 1. The molecule has 0 aliphatic heterocycles. The highest BCUT2D eigenvalue weighted by molar-refractivity contribution is 7.18. The summed E-state index contributed by atoms with van der Waals surface area (Å²) in [5, 5.41) is 30.1. The molecule has 234 valence electrons. The Bertz CT molecular complexity index is 1810. The molecule has 4 aliphatic rings. The predicted octanol–water partition coefficient (Wildman–Crippen LogP) is 7.13. The van der Waals surface area contributed by atoms with Crippen LogP contribution < -0.4 is 0 Å².